The van der Waals surface area contributed by atoms with Crippen molar-refractivity contribution in [3.05, 3.63) is 70.8 Å². The number of rotatable bonds is 6. The largest absolute Gasteiger partial charge is 0.376 e. The van der Waals surface area contributed by atoms with Gasteiger partial charge in [0.25, 0.3) is 15.7 Å². The number of hydrogen-bond acceptors (Lipinski definition) is 5. The summed E-state index contributed by atoms with van der Waals surface area (Å²) in [5, 5.41) is 14.6. The van der Waals surface area contributed by atoms with Gasteiger partial charge in [0.1, 0.15) is 5.69 Å². The van der Waals surface area contributed by atoms with Gasteiger partial charge in [-0.15, -0.1) is 0 Å². The number of sulfonamides is 1. The number of nitrogens with one attached hydrogen (secondary N) is 2. The standard InChI is InChI=1S/C18H19N3O4S/c22-21(23)18-13-16(26(24,25)20-15-9-5-2-6-10-15)11-12-17(18)19-14-7-3-1-4-8-14/h1-3,5-6,9-14,19-20H,4,7-8H2. The Morgan fingerprint density at radius 1 is 1.08 bits per heavy atom. The fourth-order valence-corrected chi connectivity index (χ4v) is 3.89. The van der Waals surface area contributed by atoms with E-state index in [1.165, 1.54) is 12.1 Å². The van der Waals surface area contributed by atoms with Crippen molar-refractivity contribution in [2.45, 2.75) is 30.2 Å². The third-order valence-corrected chi connectivity index (χ3v) is 5.51. The maximum atomic E-state index is 12.5. The molecule has 3 rings (SSSR count). The van der Waals surface area contributed by atoms with Crippen LogP contribution in [0.5, 0.6) is 0 Å². The first-order chi connectivity index (χ1) is 12.5. The summed E-state index contributed by atoms with van der Waals surface area (Å²) in [5.41, 5.74) is 0.468. The van der Waals surface area contributed by atoms with Gasteiger partial charge in [-0.2, -0.15) is 0 Å². The zero-order chi connectivity index (χ0) is 18.6. The minimum absolute atomic E-state index is 0.101. The molecular weight excluding hydrogens is 354 g/mol. The van der Waals surface area contributed by atoms with Crippen molar-refractivity contribution in [1.82, 2.24) is 0 Å². The molecule has 8 heteroatoms. The summed E-state index contributed by atoms with van der Waals surface area (Å²) >= 11 is 0. The Kier molecular flexibility index (Phi) is 5.22. The minimum atomic E-state index is -3.91. The molecule has 2 aromatic carbocycles. The summed E-state index contributed by atoms with van der Waals surface area (Å²) in [7, 11) is -3.91. The van der Waals surface area contributed by atoms with Crippen molar-refractivity contribution in [2.24, 2.45) is 0 Å². The van der Waals surface area contributed by atoms with Crippen molar-refractivity contribution in [3.8, 4) is 0 Å². The first-order valence-corrected chi connectivity index (χ1v) is 9.72. The van der Waals surface area contributed by atoms with E-state index in [1.54, 1.807) is 30.3 Å². The normalized spacial score (nSPS) is 16.8. The highest BCUT2D eigenvalue weighted by atomic mass is 32.2. The fraction of sp³-hybridized carbons (Fsp3) is 0.222. The van der Waals surface area contributed by atoms with Crippen LogP contribution in [-0.2, 0) is 10.0 Å². The van der Waals surface area contributed by atoms with Gasteiger partial charge in [-0.1, -0.05) is 30.4 Å². The molecule has 0 aromatic heterocycles. The Bertz CT molecular complexity index is 927. The lowest BCUT2D eigenvalue weighted by molar-refractivity contribution is -0.384. The molecule has 2 N–H and O–H groups in total. The summed E-state index contributed by atoms with van der Waals surface area (Å²) in [4.78, 5) is 10.7. The molecular formula is C18H19N3O4S. The van der Waals surface area contributed by atoms with Crippen LogP contribution in [0.1, 0.15) is 19.3 Å². The molecule has 7 nitrogen and oxygen atoms in total. The average molecular weight is 373 g/mol. The summed E-state index contributed by atoms with van der Waals surface area (Å²) in [6.45, 7) is 0. The molecule has 0 amide bonds. The Balaban J connectivity index is 1.88. The Morgan fingerprint density at radius 2 is 1.85 bits per heavy atom. The maximum Gasteiger partial charge on any atom is 0.293 e. The highest BCUT2D eigenvalue weighted by Crippen LogP contribution is 2.30. The summed E-state index contributed by atoms with van der Waals surface area (Å²) in [6.07, 6.45) is 6.70. The first kappa shape index (κ1) is 17.9. The van der Waals surface area contributed by atoms with Gasteiger partial charge in [0, 0.05) is 17.8 Å². The molecule has 0 aliphatic heterocycles. The van der Waals surface area contributed by atoms with Crippen molar-refractivity contribution >= 4 is 27.1 Å². The molecule has 1 unspecified atom stereocenters. The number of hydrogen-bond donors (Lipinski definition) is 2. The Hall–Kier alpha value is -2.87. The topological polar surface area (TPSA) is 101 Å². The second-order valence-electron chi connectivity index (χ2n) is 6.03. The van der Waals surface area contributed by atoms with Gasteiger partial charge in [-0.05, 0) is 43.5 Å². The lowest BCUT2D eigenvalue weighted by Crippen LogP contribution is -2.21. The second-order valence-corrected chi connectivity index (χ2v) is 7.72. The van der Waals surface area contributed by atoms with Gasteiger partial charge in [-0.3, -0.25) is 14.8 Å². The quantitative estimate of drug-likeness (QED) is 0.454. The highest BCUT2D eigenvalue weighted by Gasteiger charge is 2.23. The number of nitrogens with zero attached hydrogens (tertiary/aromatic N) is 1. The van der Waals surface area contributed by atoms with E-state index in [2.05, 4.69) is 16.1 Å². The zero-order valence-electron chi connectivity index (χ0n) is 14.0. The van der Waals surface area contributed by atoms with Crippen LogP contribution in [0.2, 0.25) is 0 Å². The predicted molar refractivity (Wildman–Crippen MR) is 101 cm³/mol. The predicted octanol–water partition coefficient (Wildman–Crippen LogP) is 3.92. The number of nitro groups is 1. The molecule has 2 aromatic rings. The second kappa shape index (κ2) is 7.57. The first-order valence-electron chi connectivity index (χ1n) is 8.23. The van der Waals surface area contributed by atoms with Gasteiger partial charge in [0.15, 0.2) is 0 Å². The molecule has 0 heterocycles. The number of anilines is 2. The third kappa shape index (κ3) is 4.20. The molecule has 136 valence electrons. The lowest BCUT2D eigenvalue weighted by atomic mass is 10.0. The fourth-order valence-electron chi connectivity index (χ4n) is 2.82. The van der Waals surface area contributed by atoms with Crippen LogP contribution < -0.4 is 10.0 Å². The summed E-state index contributed by atoms with van der Waals surface area (Å²) in [5.74, 6) is 0. The van der Waals surface area contributed by atoms with Gasteiger partial charge >= 0.3 is 0 Å². The van der Waals surface area contributed by atoms with Crippen LogP contribution in [0, 0.1) is 10.1 Å². The van der Waals surface area contributed by atoms with Crippen LogP contribution in [0.15, 0.2) is 65.6 Å². The van der Waals surface area contributed by atoms with Crippen molar-refractivity contribution in [3.63, 3.8) is 0 Å². The van der Waals surface area contributed by atoms with Crippen molar-refractivity contribution in [1.29, 1.82) is 0 Å². The SMILES string of the molecule is O=[N+]([O-])c1cc(S(=O)(=O)Nc2ccccc2)ccc1NC1CC=CCC1. The zero-order valence-corrected chi connectivity index (χ0v) is 14.8. The molecule has 0 fully saturated rings. The average Bonchev–Trinajstić information content (AvgIpc) is 2.63. The number of para-hydroxylation sites is 1. The van der Waals surface area contributed by atoms with E-state index >= 15 is 0 Å². The molecule has 26 heavy (non-hydrogen) atoms. The highest BCUT2D eigenvalue weighted by molar-refractivity contribution is 7.92. The van der Waals surface area contributed by atoms with Crippen LogP contribution in [0.3, 0.4) is 0 Å². The number of benzene rings is 2. The smallest absolute Gasteiger partial charge is 0.293 e. The van der Waals surface area contributed by atoms with Crippen LogP contribution in [0.25, 0.3) is 0 Å². The van der Waals surface area contributed by atoms with Crippen molar-refractivity contribution < 1.29 is 13.3 Å². The third-order valence-electron chi connectivity index (χ3n) is 4.13. The lowest BCUT2D eigenvalue weighted by Gasteiger charge is -2.20. The molecule has 0 saturated heterocycles. The molecule has 1 aliphatic rings. The molecule has 1 atom stereocenters. The molecule has 0 saturated carbocycles. The van der Waals surface area contributed by atoms with Gasteiger partial charge in [0.2, 0.25) is 0 Å². The van der Waals surface area contributed by atoms with E-state index in [0.717, 1.165) is 25.3 Å². The maximum absolute atomic E-state index is 12.5. The van der Waals surface area contributed by atoms with E-state index in [4.69, 9.17) is 0 Å². The van der Waals surface area contributed by atoms with E-state index in [-0.39, 0.29) is 16.6 Å². The van der Waals surface area contributed by atoms with Crippen LogP contribution in [0.4, 0.5) is 17.1 Å². The van der Waals surface area contributed by atoms with Crippen LogP contribution >= 0.6 is 0 Å². The van der Waals surface area contributed by atoms with Gasteiger partial charge in [-0.25, -0.2) is 8.42 Å². The van der Waals surface area contributed by atoms with E-state index in [1.807, 2.05) is 6.08 Å². The molecule has 0 radical (unpaired) electrons. The van der Waals surface area contributed by atoms with E-state index in [0.29, 0.717) is 11.4 Å². The van der Waals surface area contributed by atoms with E-state index < -0.39 is 14.9 Å². The Labute approximate surface area is 151 Å². The Morgan fingerprint density at radius 3 is 2.50 bits per heavy atom. The molecule has 0 spiro atoms. The van der Waals surface area contributed by atoms with Gasteiger partial charge in [0.05, 0.1) is 9.82 Å². The van der Waals surface area contributed by atoms with Crippen molar-refractivity contribution in [2.75, 3.05) is 10.0 Å². The number of nitro benzene ring substituents is 1. The minimum Gasteiger partial charge on any atom is -0.376 e. The number of allylic oxidation sites excluding steroid dienone is 1. The molecule has 0 bridgehead atoms. The van der Waals surface area contributed by atoms with Crippen LogP contribution in [-0.4, -0.2) is 19.4 Å². The summed E-state index contributed by atoms with van der Waals surface area (Å²) in [6, 6.07) is 12.4. The van der Waals surface area contributed by atoms with E-state index in [9.17, 15) is 18.5 Å². The summed E-state index contributed by atoms with van der Waals surface area (Å²) < 4.78 is 27.5. The monoisotopic (exact) mass is 373 g/mol. The van der Waals surface area contributed by atoms with Gasteiger partial charge < -0.3 is 5.32 Å². The molecule has 1 aliphatic carbocycles.